The topological polar surface area (TPSA) is 46.9 Å². The molecule has 1 aromatic heterocycles. The van der Waals surface area contributed by atoms with Crippen molar-refractivity contribution in [3.8, 4) is 0 Å². The summed E-state index contributed by atoms with van der Waals surface area (Å²) < 4.78 is 2.03. The minimum Gasteiger partial charge on any atom is -0.356 e. The van der Waals surface area contributed by atoms with Crippen molar-refractivity contribution in [2.45, 2.75) is 32.2 Å². The van der Waals surface area contributed by atoms with Crippen LogP contribution in [0.25, 0.3) is 10.9 Å². The first-order chi connectivity index (χ1) is 12.2. The van der Waals surface area contributed by atoms with E-state index in [0.717, 1.165) is 24.9 Å². The highest BCUT2D eigenvalue weighted by Crippen LogP contribution is 2.47. The Morgan fingerprint density at radius 3 is 2.92 bits per heavy atom. The number of hydrogen-bond acceptors (Lipinski definition) is 2. The summed E-state index contributed by atoms with van der Waals surface area (Å²) in [5.41, 5.74) is 3.68. The number of carbonyl (C=O) groups is 1. The fourth-order valence-corrected chi connectivity index (χ4v) is 3.48. The van der Waals surface area contributed by atoms with Crippen molar-refractivity contribution >= 4 is 16.8 Å². The number of benzene rings is 2. The van der Waals surface area contributed by atoms with Gasteiger partial charge in [-0.1, -0.05) is 42.5 Å². The second kappa shape index (κ2) is 6.71. The van der Waals surface area contributed by atoms with E-state index in [1.165, 1.54) is 16.5 Å². The monoisotopic (exact) mass is 333 g/mol. The van der Waals surface area contributed by atoms with E-state index >= 15 is 0 Å². The lowest BCUT2D eigenvalue weighted by molar-refractivity contribution is -0.122. The average Bonchev–Trinajstić information content (AvgIpc) is 3.35. The number of hydrogen-bond donors (Lipinski definition) is 1. The lowest BCUT2D eigenvalue weighted by atomic mass is 10.1. The van der Waals surface area contributed by atoms with Gasteiger partial charge in [-0.05, 0) is 42.9 Å². The highest BCUT2D eigenvalue weighted by molar-refractivity contribution is 5.83. The van der Waals surface area contributed by atoms with Gasteiger partial charge in [0.05, 0.1) is 11.7 Å². The third-order valence-electron chi connectivity index (χ3n) is 5.00. The van der Waals surface area contributed by atoms with Crippen molar-refractivity contribution in [3.63, 3.8) is 0 Å². The maximum Gasteiger partial charge on any atom is 0.223 e. The van der Waals surface area contributed by atoms with Gasteiger partial charge in [0.25, 0.3) is 0 Å². The summed E-state index contributed by atoms with van der Waals surface area (Å²) in [5.74, 6) is 0.741. The Labute approximate surface area is 147 Å². The molecule has 25 heavy (non-hydrogen) atoms. The van der Waals surface area contributed by atoms with Gasteiger partial charge < -0.3 is 5.32 Å². The van der Waals surface area contributed by atoms with E-state index in [9.17, 15) is 4.79 Å². The normalized spacial score (nSPS) is 19.1. The highest BCUT2D eigenvalue weighted by atomic mass is 16.2. The number of nitrogens with zero attached hydrogens (tertiary/aromatic N) is 2. The van der Waals surface area contributed by atoms with Crippen LogP contribution in [-0.4, -0.2) is 22.2 Å². The summed E-state index contributed by atoms with van der Waals surface area (Å²) >= 11 is 0. The minimum atomic E-state index is 0.149. The maximum absolute atomic E-state index is 12.3. The van der Waals surface area contributed by atoms with Gasteiger partial charge in [0.15, 0.2) is 0 Å². The molecule has 0 aliphatic heterocycles. The number of rotatable bonds is 6. The van der Waals surface area contributed by atoms with Crippen LogP contribution in [-0.2, 0) is 11.3 Å². The summed E-state index contributed by atoms with van der Waals surface area (Å²) in [6.07, 6.45) is 3.76. The van der Waals surface area contributed by atoms with Crippen LogP contribution in [0.4, 0.5) is 0 Å². The van der Waals surface area contributed by atoms with Crippen LogP contribution in [0.5, 0.6) is 0 Å². The Balaban J connectivity index is 1.26. The molecular formula is C21H23N3O. The van der Waals surface area contributed by atoms with Crippen LogP contribution in [0.2, 0.25) is 0 Å². The van der Waals surface area contributed by atoms with E-state index in [0.29, 0.717) is 12.5 Å². The molecule has 1 heterocycles. The zero-order chi connectivity index (χ0) is 17.2. The van der Waals surface area contributed by atoms with Crippen molar-refractivity contribution < 1.29 is 4.79 Å². The number of amides is 1. The molecule has 0 radical (unpaired) electrons. The van der Waals surface area contributed by atoms with Gasteiger partial charge in [-0.2, -0.15) is 5.10 Å². The van der Waals surface area contributed by atoms with Crippen molar-refractivity contribution in [1.82, 2.24) is 15.1 Å². The molecule has 2 aromatic carbocycles. The van der Waals surface area contributed by atoms with Gasteiger partial charge in [-0.3, -0.25) is 9.48 Å². The molecule has 0 unspecified atom stereocenters. The van der Waals surface area contributed by atoms with E-state index in [1.807, 2.05) is 29.1 Å². The lowest BCUT2D eigenvalue weighted by Gasteiger charge is -2.07. The molecule has 4 nitrogen and oxygen atoms in total. The fraction of sp³-hybridized carbons (Fsp3) is 0.333. The van der Waals surface area contributed by atoms with E-state index in [-0.39, 0.29) is 11.8 Å². The van der Waals surface area contributed by atoms with Crippen LogP contribution < -0.4 is 5.32 Å². The molecule has 0 saturated heterocycles. The zero-order valence-corrected chi connectivity index (χ0v) is 14.5. The molecule has 0 bridgehead atoms. The second-order valence-corrected chi connectivity index (χ2v) is 6.93. The molecule has 4 heteroatoms. The SMILES string of the molecule is Cc1ccc2cnn(CCCNC(=O)[C@H]3C[C@H]3c3ccccc3)c2c1. The van der Waals surface area contributed by atoms with E-state index in [2.05, 4.69) is 47.7 Å². The Bertz CT molecular complexity index is 885. The summed E-state index contributed by atoms with van der Waals surface area (Å²) in [4.78, 5) is 12.3. The predicted molar refractivity (Wildman–Crippen MR) is 99.4 cm³/mol. The number of nitrogens with one attached hydrogen (secondary N) is 1. The number of aryl methyl sites for hydroxylation is 2. The largest absolute Gasteiger partial charge is 0.356 e. The minimum absolute atomic E-state index is 0.149. The molecular weight excluding hydrogens is 310 g/mol. The van der Waals surface area contributed by atoms with Crippen LogP contribution in [0.3, 0.4) is 0 Å². The molecule has 1 aliphatic rings. The van der Waals surface area contributed by atoms with Crippen LogP contribution in [0, 0.1) is 12.8 Å². The molecule has 0 spiro atoms. The molecule has 1 aliphatic carbocycles. The van der Waals surface area contributed by atoms with Crippen LogP contribution in [0.15, 0.2) is 54.7 Å². The summed E-state index contributed by atoms with van der Waals surface area (Å²) in [5, 5.41) is 8.71. The Morgan fingerprint density at radius 2 is 2.08 bits per heavy atom. The van der Waals surface area contributed by atoms with E-state index in [1.54, 1.807) is 0 Å². The smallest absolute Gasteiger partial charge is 0.223 e. The molecule has 1 N–H and O–H groups in total. The molecule has 1 fully saturated rings. The van der Waals surface area contributed by atoms with Crippen molar-refractivity contribution in [1.29, 1.82) is 0 Å². The highest BCUT2D eigenvalue weighted by Gasteiger charge is 2.43. The summed E-state index contributed by atoms with van der Waals surface area (Å²) in [7, 11) is 0. The van der Waals surface area contributed by atoms with Gasteiger partial charge in [0.1, 0.15) is 0 Å². The maximum atomic E-state index is 12.3. The molecule has 4 rings (SSSR count). The first-order valence-corrected chi connectivity index (χ1v) is 8.97. The Kier molecular flexibility index (Phi) is 4.26. The van der Waals surface area contributed by atoms with Crippen molar-refractivity contribution in [2.24, 2.45) is 5.92 Å². The summed E-state index contributed by atoms with van der Waals surface area (Å²) in [6.45, 7) is 3.61. The summed E-state index contributed by atoms with van der Waals surface area (Å²) in [6, 6.07) is 16.7. The average molecular weight is 333 g/mol. The first-order valence-electron chi connectivity index (χ1n) is 8.97. The molecule has 1 amide bonds. The fourth-order valence-electron chi connectivity index (χ4n) is 3.48. The van der Waals surface area contributed by atoms with Gasteiger partial charge in [0, 0.05) is 24.4 Å². The third kappa shape index (κ3) is 3.43. The quantitative estimate of drug-likeness (QED) is 0.700. The Hall–Kier alpha value is -2.62. The van der Waals surface area contributed by atoms with Crippen LogP contribution >= 0.6 is 0 Å². The molecule has 3 aromatic rings. The first kappa shape index (κ1) is 15.9. The van der Waals surface area contributed by atoms with Gasteiger partial charge in [0.2, 0.25) is 5.91 Å². The molecule has 2 atom stereocenters. The van der Waals surface area contributed by atoms with Crippen molar-refractivity contribution in [2.75, 3.05) is 6.54 Å². The lowest BCUT2D eigenvalue weighted by Crippen LogP contribution is -2.27. The zero-order valence-electron chi connectivity index (χ0n) is 14.5. The third-order valence-corrected chi connectivity index (χ3v) is 5.00. The van der Waals surface area contributed by atoms with Crippen molar-refractivity contribution in [3.05, 3.63) is 65.9 Å². The second-order valence-electron chi connectivity index (χ2n) is 6.93. The number of carbonyl (C=O) groups excluding carboxylic acids is 1. The number of aromatic nitrogens is 2. The standard InChI is InChI=1S/C21H23N3O/c1-15-8-9-17-14-23-24(20(17)12-15)11-5-10-22-21(25)19-13-18(19)16-6-3-2-4-7-16/h2-4,6-9,12,14,18-19H,5,10-11,13H2,1H3,(H,22,25)/t18-,19-/m0/s1. The van der Waals surface area contributed by atoms with Crippen LogP contribution in [0.1, 0.15) is 29.9 Å². The van der Waals surface area contributed by atoms with Gasteiger partial charge in [-0.25, -0.2) is 0 Å². The number of fused-ring (bicyclic) bond motifs is 1. The molecule has 128 valence electrons. The van der Waals surface area contributed by atoms with E-state index in [4.69, 9.17) is 0 Å². The Morgan fingerprint density at radius 1 is 1.24 bits per heavy atom. The molecule has 1 saturated carbocycles. The van der Waals surface area contributed by atoms with Gasteiger partial charge >= 0.3 is 0 Å². The predicted octanol–water partition coefficient (Wildman–Crippen LogP) is 3.65. The van der Waals surface area contributed by atoms with Gasteiger partial charge in [-0.15, -0.1) is 0 Å². The van der Waals surface area contributed by atoms with E-state index < -0.39 is 0 Å².